The zero-order valence-electron chi connectivity index (χ0n) is 27.0. The second kappa shape index (κ2) is 10.9. The van der Waals surface area contributed by atoms with E-state index in [0.717, 1.165) is 71.7 Å². The summed E-state index contributed by atoms with van der Waals surface area (Å²) in [5.41, 5.74) is 8.46. The van der Waals surface area contributed by atoms with Crippen molar-refractivity contribution in [1.29, 1.82) is 0 Å². The zero-order chi connectivity index (χ0) is 33.5. The molecular weight excluding hydrogens is 647 g/mol. The fraction of sp³-hybridized carbons (Fsp3) is 0. The zero-order valence-corrected chi connectivity index (χ0v) is 27.8. The van der Waals surface area contributed by atoms with Crippen molar-refractivity contribution >= 4 is 75.4 Å². The minimum Gasteiger partial charge on any atom is -0.456 e. The Morgan fingerprint density at radius 3 is 1.92 bits per heavy atom. The molecule has 0 unspecified atom stereocenters. The molecule has 5 nitrogen and oxygen atoms in total. The summed E-state index contributed by atoms with van der Waals surface area (Å²) in [5, 5.41) is 6.71. The highest BCUT2D eigenvalue weighted by atomic mass is 32.1. The number of aromatic nitrogens is 3. The molecule has 0 bridgehead atoms. The van der Waals surface area contributed by atoms with E-state index in [2.05, 4.69) is 78.9 Å². The topological polar surface area (TPSA) is 65.0 Å². The van der Waals surface area contributed by atoms with Crippen LogP contribution < -0.4 is 0 Å². The monoisotopic (exact) mass is 671 g/mol. The fourth-order valence-electron chi connectivity index (χ4n) is 7.36. The van der Waals surface area contributed by atoms with E-state index in [1.54, 1.807) is 11.3 Å². The average molecular weight is 672 g/mol. The lowest BCUT2D eigenvalue weighted by Crippen LogP contribution is -2.00. The lowest BCUT2D eigenvalue weighted by atomic mass is 10.00. The molecule has 4 aromatic heterocycles. The third-order valence-electron chi connectivity index (χ3n) is 9.76. The SMILES string of the molecule is c1ccc(-c2nc(-c3ccc4c(c3)sc3ccc(-c5cccc6c5oc5ccccc56)cc34)nc(-c3cccc4oc5ccccc5c34)n2)cc1. The number of thiophene rings is 1. The third kappa shape index (κ3) is 4.43. The number of benzene rings is 7. The van der Waals surface area contributed by atoms with Crippen molar-refractivity contribution in [2.45, 2.75) is 0 Å². The van der Waals surface area contributed by atoms with Crippen LogP contribution in [0.4, 0.5) is 0 Å². The van der Waals surface area contributed by atoms with Crippen LogP contribution in [0.1, 0.15) is 0 Å². The number of fused-ring (bicyclic) bond motifs is 9. The molecule has 0 aliphatic carbocycles. The van der Waals surface area contributed by atoms with Crippen molar-refractivity contribution in [2.75, 3.05) is 0 Å². The molecule has 4 heterocycles. The van der Waals surface area contributed by atoms with Crippen molar-refractivity contribution in [3.63, 3.8) is 0 Å². The van der Waals surface area contributed by atoms with E-state index in [4.69, 9.17) is 23.8 Å². The summed E-state index contributed by atoms with van der Waals surface area (Å²) in [7, 11) is 0. The van der Waals surface area contributed by atoms with E-state index in [0.29, 0.717) is 17.5 Å². The molecule has 11 rings (SSSR count). The van der Waals surface area contributed by atoms with Gasteiger partial charge in [0.05, 0.1) is 0 Å². The Hall–Kier alpha value is -6.63. The van der Waals surface area contributed by atoms with Gasteiger partial charge in [-0.2, -0.15) is 0 Å². The second-order valence-corrected chi connectivity index (χ2v) is 13.8. The predicted octanol–water partition coefficient (Wildman–Crippen LogP) is 12.7. The highest BCUT2D eigenvalue weighted by molar-refractivity contribution is 7.25. The second-order valence-electron chi connectivity index (χ2n) is 12.8. The third-order valence-corrected chi connectivity index (χ3v) is 10.9. The van der Waals surface area contributed by atoms with Crippen molar-refractivity contribution in [1.82, 2.24) is 15.0 Å². The van der Waals surface area contributed by atoms with E-state index in [9.17, 15) is 0 Å². The Labute approximate surface area is 295 Å². The molecule has 0 saturated heterocycles. The molecule has 0 radical (unpaired) electrons. The average Bonchev–Trinajstić information content (AvgIpc) is 3.88. The first-order valence-electron chi connectivity index (χ1n) is 16.8. The van der Waals surface area contributed by atoms with Crippen LogP contribution in [0.3, 0.4) is 0 Å². The Balaban J connectivity index is 1.07. The van der Waals surface area contributed by atoms with Gasteiger partial charge < -0.3 is 8.83 Å². The number of nitrogens with zero attached hydrogens (tertiary/aromatic N) is 3. The Bertz CT molecular complexity index is 3160. The predicted molar refractivity (Wildman–Crippen MR) is 209 cm³/mol. The molecular formula is C45H25N3O2S. The summed E-state index contributed by atoms with van der Waals surface area (Å²) in [6.07, 6.45) is 0. The molecule has 0 N–H and O–H groups in total. The van der Waals surface area contributed by atoms with Crippen LogP contribution in [0, 0.1) is 0 Å². The number of hydrogen-bond acceptors (Lipinski definition) is 6. The van der Waals surface area contributed by atoms with Gasteiger partial charge >= 0.3 is 0 Å². The molecule has 51 heavy (non-hydrogen) atoms. The Kier molecular flexibility index (Phi) is 6.05. The molecule has 0 amide bonds. The number of para-hydroxylation sites is 3. The number of furan rings is 2. The molecule has 238 valence electrons. The molecule has 0 fully saturated rings. The summed E-state index contributed by atoms with van der Waals surface area (Å²) >= 11 is 1.78. The largest absolute Gasteiger partial charge is 0.456 e. The normalized spacial score (nSPS) is 11.9. The van der Waals surface area contributed by atoms with Gasteiger partial charge in [0.1, 0.15) is 22.3 Å². The van der Waals surface area contributed by atoms with Crippen molar-refractivity contribution in [3.8, 4) is 45.3 Å². The van der Waals surface area contributed by atoms with E-state index >= 15 is 0 Å². The van der Waals surface area contributed by atoms with Crippen LogP contribution in [0.5, 0.6) is 0 Å². The molecule has 0 saturated carbocycles. The highest BCUT2D eigenvalue weighted by Gasteiger charge is 2.19. The van der Waals surface area contributed by atoms with Gasteiger partial charge in [-0.15, -0.1) is 11.3 Å². The molecule has 7 aromatic carbocycles. The molecule has 0 atom stereocenters. The van der Waals surface area contributed by atoms with Crippen LogP contribution in [0.25, 0.3) is 109 Å². The first-order chi connectivity index (χ1) is 25.2. The van der Waals surface area contributed by atoms with Gasteiger partial charge in [0.25, 0.3) is 0 Å². The maximum absolute atomic E-state index is 6.39. The van der Waals surface area contributed by atoms with Crippen LogP contribution in [0.15, 0.2) is 160 Å². The quantitative estimate of drug-likeness (QED) is 0.186. The van der Waals surface area contributed by atoms with Crippen LogP contribution in [-0.4, -0.2) is 15.0 Å². The molecule has 6 heteroatoms. The smallest absolute Gasteiger partial charge is 0.164 e. The number of rotatable bonds is 4. The van der Waals surface area contributed by atoms with Gasteiger partial charge in [-0.3, -0.25) is 0 Å². The van der Waals surface area contributed by atoms with Gasteiger partial charge in [0, 0.05) is 64.0 Å². The van der Waals surface area contributed by atoms with E-state index in [1.807, 2.05) is 72.8 Å². The molecule has 0 aliphatic rings. The van der Waals surface area contributed by atoms with Gasteiger partial charge in [0.2, 0.25) is 0 Å². The highest BCUT2D eigenvalue weighted by Crippen LogP contribution is 2.42. The van der Waals surface area contributed by atoms with Crippen molar-refractivity contribution in [3.05, 3.63) is 152 Å². The van der Waals surface area contributed by atoms with Gasteiger partial charge in [0.15, 0.2) is 17.5 Å². The minimum atomic E-state index is 0.608. The van der Waals surface area contributed by atoms with Gasteiger partial charge in [-0.05, 0) is 42.0 Å². The standard InChI is InChI=1S/C45H25N3O2S/c1-2-10-26(11-3-1)43-46-44(48-45(47-43)34-16-9-19-38-41(34)33-13-5-7-18-37(33)49-38)28-20-22-31-35-24-27(21-23-39(35)51-40(31)25-28)29-14-8-15-32-30-12-4-6-17-36(30)50-42(29)32/h1-25H. The van der Waals surface area contributed by atoms with Crippen LogP contribution in [-0.2, 0) is 0 Å². The summed E-state index contributed by atoms with van der Waals surface area (Å²) in [6, 6.07) is 52.1. The van der Waals surface area contributed by atoms with E-state index in [-0.39, 0.29) is 0 Å². The molecule has 11 aromatic rings. The van der Waals surface area contributed by atoms with Gasteiger partial charge in [-0.25, -0.2) is 15.0 Å². The molecule has 0 aliphatic heterocycles. The minimum absolute atomic E-state index is 0.608. The van der Waals surface area contributed by atoms with Crippen LogP contribution >= 0.6 is 11.3 Å². The maximum Gasteiger partial charge on any atom is 0.164 e. The summed E-state index contributed by atoms with van der Waals surface area (Å²) in [4.78, 5) is 15.2. The summed E-state index contributed by atoms with van der Waals surface area (Å²) in [6.45, 7) is 0. The lowest BCUT2D eigenvalue weighted by molar-refractivity contribution is 0.669. The first-order valence-corrected chi connectivity index (χ1v) is 17.7. The fourth-order valence-corrected chi connectivity index (χ4v) is 8.49. The van der Waals surface area contributed by atoms with E-state index < -0.39 is 0 Å². The van der Waals surface area contributed by atoms with E-state index in [1.165, 1.54) is 20.2 Å². The summed E-state index contributed by atoms with van der Waals surface area (Å²) in [5.74, 6) is 1.86. The Morgan fingerprint density at radius 2 is 1.04 bits per heavy atom. The number of hydrogen-bond donors (Lipinski definition) is 0. The van der Waals surface area contributed by atoms with Crippen molar-refractivity contribution < 1.29 is 8.83 Å². The van der Waals surface area contributed by atoms with Crippen molar-refractivity contribution in [2.24, 2.45) is 0 Å². The maximum atomic E-state index is 6.39. The van der Waals surface area contributed by atoms with Crippen LogP contribution in [0.2, 0.25) is 0 Å². The Morgan fingerprint density at radius 1 is 0.373 bits per heavy atom. The molecule has 0 spiro atoms. The first kappa shape index (κ1) is 28.2. The lowest BCUT2D eigenvalue weighted by Gasteiger charge is -2.09. The van der Waals surface area contributed by atoms with Gasteiger partial charge in [-0.1, -0.05) is 115 Å². The summed E-state index contributed by atoms with van der Waals surface area (Å²) < 4.78 is 15.0.